The van der Waals surface area contributed by atoms with Gasteiger partial charge in [-0.05, 0) is 36.4 Å². The van der Waals surface area contributed by atoms with E-state index in [1.165, 1.54) is 68.4 Å². The second-order valence-corrected chi connectivity index (χ2v) is 6.37. The predicted octanol–water partition coefficient (Wildman–Crippen LogP) is 5.54. The number of unbranched alkanes of at least 4 members (excludes halogenated alkanes) is 7. The lowest BCUT2D eigenvalue weighted by Gasteiger charge is -2.05. The van der Waals surface area contributed by atoms with Crippen molar-refractivity contribution in [1.82, 2.24) is 5.32 Å². The van der Waals surface area contributed by atoms with E-state index >= 15 is 0 Å². The van der Waals surface area contributed by atoms with Crippen LogP contribution in [0.3, 0.4) is 0 Å². The topological polar surface area (TPSA) is 12.0 Å². The summed E-state index contributed by atoms with van der Waals surface area (Å²) in [5.41, 5.74) is 1.52. The van der Waals surface area contributed by atoms with Crippen molar-refractivity contribution in [2.45, 2.75) is 78.2 Å². The van der Waals surface area contributed by atoms with Gasteiger partial charge in [0.2, 0.25) is 0 Å². The molecule has 0 saturated heterocycles. The van der Waals surface area contributed by atoms with Crippen molar-refractivity contribution in [1.29, 1.82) is 0 Å². The van der Waals surface area contributed by atoms with Gasteiger partial charge >= 0.3 is 0 Å². The van der Waals surface area contributed by atoms with Crippen LogP contribution < -0.4 is 5.32 Å². The van der Waals surface area contributed by atoms with Gasteiger partial charge < -0.3 is 5.32 Å². The van der Waals surface area contributed by atoms with Gasteiger partial charge in [0.25, 0.3) is 0 Å². The molecule has 0 aliphatic heterocycles. The van der Waals surface area contributed by atoms with Crippen molar-refractivity contribution in [3.8, 4) is 0 Å². The van der Waals surface area contributed by atoms with Crippen LogP contribution in [0, 0.1) is 0 Å². The minimum absolute atomic E-state index is 1.07. The molecule has 0 spiro atoms. The third kappa shape index (κ3) is 7.74. The normalized spacial score (nSPS) is 11.1. The summed E-state index contributed by atoms with van der Waals surface area (Å²) in [4.78, 5) is 1.53. The fourth-order valence-corrected chi connectivity index (χ4v) is 3.37. The first-order valence-electron chi connectivity index (χ1n) is 8.14. The fourth-order valence-electron chi connectivity index (χ4n) is 2.42. The van der Waals surface area contributed by atoms with Gasteiger partial charge in [0, 0.05) is 11.4 Å². The average molecular weight is 282 g/mol. The Labute approximate surface area is 123 Å². The minimum Gasteiger partial charge on any atom is -0.312 e. The van der Waals surface area contributed by atoms with Crippen molar-refractivity contribution in [2.75, 3.05) is 6.54 Å². The molecule has 1 rings (SSSR count). The van der Waals surface area contributed by atoms with Gasteiger partial charge in [0.1, 0.15) is 0 Å². The lowest BCUT2D eigenvalue weighted by atomic mass is 10.1. The molecule has 19 heavy (non-hydrogen) atoms. The Morgan fingerprint density at radius 1 is 0.947 bits per heavy atom. The Morgan fingerprint density at radius 2 is 1.63 bits per heavy atom. The highest BCUT2D eigenvalue weighted by Crippen LogP contribution is 2.16. The molecule has 0 radical (unpaired) electrons. The first-order chi connectivity index (χ1) is 9.38. The Kier molecular flexibility index (Phi) is 10.1. The minimum atomic E-state index is 1.07. The third-order valence-electron chi connectivity index (χ3n) is 3.71. The van der Waals surface area contributed by atoms with Gasteiger partial charge in [0.05, 0.1) is 0 Å². The maximum absolute atomic E-state index is 3.58. The number of nitrogens with one attached hydrogen (secondary N) is 1. The van der Waals surface area contributed by atoms with Gasteiger partial charge in [-0.3, -0.25) is 0 Å². The standard InChI is InChI=1S/C17H31NS/c1-3-5-6-7-8-9-10-11-13-18-15-17-16(4-2)12-14-19-17/h12,14,18H,3-11,13,15H2,1-2H3. The van der Waals surface area contributed by atoms with Crippen LogP contribution in [0.4, 0.5) is 0 Å². The lowest BCUT2D eigenvalue weighted by molar-refractivity contribution is 0.555. The molecule has 1 aromatic heterocycles. The van der Waals surface area contributed by atoms with Crippen LogP contribution in [0.5, 0.6) is 0 Å². The molecule has 1 nitrogen and oxygen atoms in total. The number of aryl methyl sites for hydroxylation is 1. The van der Waals surface area contributed by atoms with E-state index in [2.05, 4.69) is 30.6 Å². The summed E-state index contributed by atoms with van der Waals surface area (Å²) < 4.78 is 0. The number of thiophene rings is 1. The molecule has 0 bridgehead atoms. The molecule has 0 aliphatic carbocycles. The summed E-state index contributed by atoms with van der Waals surface area (Å²) in [6.45, 7) is 6.76. The maximum Gasteiger partial charge on any atom is 0.0302 e. The highest BCUT2D eigenvalue weighted by molar-refractivity contribution is 7.10. The van der Waals surface area contributed by atoms with Gasteiger partial charge in [-0.1, -0.05) is 58.8 Å². The SMILES string of the molecule is CCCCCCCCCCNCc1sccc1CC. The van der Waals surface area contributed by atoms with Crippen LogP contribution in [0.25, 0.3) is 0 Å². The second kappa shape index (κ2) is 11.5. The molecule has 0 unspecified atom stereocenters. The van der Waals surface area contributed by atoms with Crippen LogP contribution in [0.1, 0.15) is 75.7 Å². The second-order valence-electron chi connectivity index (χ2n) is 5.37. The molecule has 1 heterocycles. The van der Waals surface area contributed by atoms with E-state index in [9.17, 15) is 0 Å². The van der Waals surface area contributed by atoms with Crippen LogP contribution in [-0.4, -0.2) is 6.54 Å². The first kappa shape index (κ1) is 16.7. The van der Waals surface area contributed by atoms with E-state index in [-0.39, 0.29) is 0 Å². The number of hydrogen-bond donors (Lipinski definition) is 1. The predicted molar refractivity (Wildman–Crippen MR) is 88.0 cm³/mol. The summed E-state index contributed by atoms with van der Waals surface area (Å²) in [5.74, 6) is 0. The maximum atomic E-state index is 3.58. The highest BCUT2D eigenvalue weighted by atomic mass is 32.1. The Balaban J connectivity index is 1.89. The van der Waals surface area contributed by atoms with Crippen LogP contribution in [0.15, 0.2) is 11.4 Å². The molecule has 1 N–H and O–H groups in total. The van der Waals surface area contributed by atoms with Crippen LogP contribution in [0.2, 0.25) is 0 Å². The molecular weight excluding hydrogens is 250 g/mol. The van der Waals surface area contributed by atoms with Crippen LogP contribution in [-0.2, 0) is 13.0 Å². The lowest BCUT2D eigenvalue weighted by Crippen LogP contribution is -2.14. The van der Waals surface area contributed by atoms with E-state index in [1.807, 2.05) is 11.3 Å². The molecule has 110 valence electrons. The van der Waals surface area contributed by atoms with Gasteiger partial charge in [-0.2, -0.15) is 0 Å². The van der Waals surface area contributed by atoms with E-state index in [1.54, 1.807) is 0 Å². The van der Waals surface area contributed by atoms with Crippen molar-refractivity contribution in [3.05, 3.63) is 21.9 Å². The van der Waals surface area contributed by atoms with Gasteiger partial charge in [-0.15, -0.1) is 11.3 Å². The van der Waals surface area contributed by atoms with E-state index < -0.39 is 0 Å². The number of hydrogen-bond acceptors (Lipinski definition) is 2. The zero-order valence-electron chi connectivity index (χ0n) is 12.8. The fraction of sp³-hybridized carbons (Fsp3) is 0.765. The summed E-state index contributed by atoms with van der Waals surface area (Å²) >= 11 is 1.89. The summed E-state index contributed by atoms with van der Waals surface area (Å²) in [7, 11) is 0. The molecule has 0 saturated carbocycles. The van der Waals surface area contributed by atoms with E-state index in [0.29, 0.717) is 0 Å². The molecule has 1 aromatic rings. The molecule has 0 amide bonds. The van der Waals surface area contributed by atoms with Crippen molar-refractivity contribution in [3.63, 3.8) is 0 Å². The molecule has 0 fully saturated rings. The van der Waals surface area contributed by atoms with Crippen molar-refractivity contribution in [2.24, 2.45) is 0 Å². The molecule has 2 heteroatoms. The quantitative estimate of drug-likeness (QED) is 0.496. The zero-order chi connectivity index (χ0) is 13.8. The monoisotopic (exact) mass is 281 g/mol. The average Bonchev–Trinajstić information content (AvgIpc) is 2.88. The Bertz CT molecular complexity index is 306. The number of rotatable bonds is 12. The molecule has 0 atom stereocenters. The summed E-state index contributed by atoms with van der Waals surface area (Å²) in [6.07, 6.45) is 12.4. The van der Waals surface area contributed by atoms with Crippen molar-refractivity contribution >= 4 is 11.3 Å². The Hall–Kier alpha value is -0.340. The summed E-state index contributed by atoms with van der Waals surface area (Å²) in [6, 6.07) is 2.26. The van der Waals surface area contributed by atoms with Gasteiger partial charge in [0.15, 0.2) is 0 Å². The molecule has 0 aromatic carbocycles. The van der Waals surface area contributed by atoms with E-state index in [4.69, 9.17) is 0 Å². The van der Waals surface area contributed by atoms with Crippen molar-refractivity contribution < 1.29 is 0 Å². The third-order valence-corrected chi connectivity index (χ3v) is 4.67. The van der Waals surface area contributed by atoms with Gasteiger partial charge in [-0.25, -0.2) is 0 Å². The van der Waals surface area contributed by atoms with Crippen LogP contribution >= 0.6 is 11.3 Å². The van der Waals surface area contributed by atoms with E-state index in [0.717, 1.165) is 13.0 Å². The first-order valence-corrected chi connectivity index (χ1v) is 9.02. The molecular formula is C17H31NS. The smallest absolute Gasteiger partial charge is 0.0302 e. The Morgan fingerprint density at radius 3 is 2.32 bits per heavy atom. The zero-order valence-corrected chi connectivity index (χ0v) is 13.7. The summed E-state index contributed by atoms with van der Waals surface area (Å²) in [5, 5.41) is 5.80. The molecule has 0 aliphatic rings. The largest absolute Gasteiger partial charge is 0.312 e. The highest BCUT2D eigenvalue weighted by Gasteiger charge is 2.01.